The Balaban J connectivity index is 2.33. The van der Waals surface area contributed by atoms with E-state index in [2.05, 4.69) is 15.3 Å². The molecule has 104 valence electrons. The number of methoxy groups -OCH3 is 1. The molecule has 0 saturated carbocycles. The van der Waals surface area contributed by atoms with E-state index in [1.807, 2.05) is 19.9 Å². The Morgan fingerprint density at radius 2 is 1.90 bits per heavy atom. The van der Waals surface area contributed by atoms with Crippen LogP contribution in [0.5, 0.6) is 5.75 Å². The molecule has 20 heavy (non-hydrogen) atoms. The second kappa shape index (κ2) is 5.56. The molecule has 1 aromatic carbocycles. The van der Waals surface area contributed by atoms with E-state index in [9.17, 15) is 4.79 Å². The van der Waals surface area contributed by atoms with Crippen molar-refractivity contribution in [3.63, 3.8) is 0 Å². The van der Waals surface area contributed by atoms with Crippen LogP contribution < -0.4 is 15.8 Å². The largest absolute Gasteiger partial charge is 0.496 e. The van der Waals surface area contributed by atoms with Crippen molar-refractivity contribution in [2.24, 2.45) is 0 Å². The molecule has 1 heterocycles. The van der Waals surface area contributed by atoms with Crippen LogP contribution in [0.25, 0.3) is 0 Å². The molecule has 1 aromatic heterocycles. The maximum Gasteiger partial charge on any atom is 0.263 e. The van der Waals surface area contributed by atoms with Crippen molar-refractivity contribution in [1.82, 2.24) is 9.97 Å². The van der Waals surface area contributed by atoms with Crippen LogP contribution in [-0.4, -0.2) is 23.0 Å². The first-order chi connectivity index (χ1) is 9.51. The number of rotatable bonds is 3. The first-order valence-electron chi connectivity index (χ1n) is 6.07. The van der Waals surface area contributed by atoms with Gasteiger partial charge in [-0.2, -0.15) is 0 Å². The Labute approximate surface area is 117 Å². The van der Waals surface area contributed by atoms with E-state index in [1.54, 1.807) is 18.2 Å². The monoisotopic (exact) mass is 272 g/mol. The number of carbonyl (C=O) groups excluding carboxylic acids is 1. The molecular formula is C14H16N4O2. The van der Waals surface area contributed by atoms with E-state index >= 15 is 0 Å². The molecule has 0 bridgehead atoms. The molecule has 0 unspecified atom stereocenters. The number of aryl methyl sites for hydroxylation is 2. The predicted octanol–water partition coefficient (Wildman–Crippen LogP) is 1.94. The third kappa shape index (κ3) is 2.85. The van der Waals surface area contributed by atoms with E-state index in [1.165, 1.54) is 7.11 Å². The van der Waals surface area contributed by atoms with Gasteiger partial charge < -0.3 is 10.5 Å². The van der Waals surface area contributed by atoms with Gasteiger partial charge in [0.15, 0.2) is 0 Å². The number of benzene rings is 1. The van der Waals surface area contributed by atoms with Gasteiger partial charge in [0.05, 0.1) is 7.11 Å². The minimum Gasteiger partial charge on any atom is -0.496 e. The summed E-state index contributed by atoms with van der Waals surface area (Å²) in [5.41, 5.74) is 8.00. The molecule has 6 heteroatoms. The second-order valence-corrected chi connectivity index (χ2v) is 4.35. The van der Waals surface area contributed by atoms with Crippen molar-refractivity contribution in [1.29, 1.82) is 0 Å². The predicted molar refractivity (Wildman–Crippen MR) is 76.9 cm³/mol. The van der Waals surface area contributed by atoms with Crippen LogP contribution in [0.15, 0.2) is 24.3 Å². The number of nitrogens with zero attached hydrogens (tertiary/aromatic N) is 2. The highest BCUT2D eigenvalue weighted by Gasteiger charge is 2.17. The Kier molecular flexibility index (Phi) is 3.84. The normalized spacial score (nSPS) is 10.2. The number of anilines is 2. The first-order valence-corrected chi connectivity index (χ1v) is 6.07. The number of amides is 1. The average molecular weight is 272 g/mol. The molecule has 0 saturated heterocycles. The molecule has 2 aromatic rings. The number of ether oxygens (including phenoxy) is 1. The van der Waals surface area contributed by atoms with Gasteiger partial charge in [0.2, 0.25) is 5.95 Å². The third-order valence-corrected chi connectivity index (χ3v) is 2.71. The van der Waals surface area contributed by atoms with Crippen LogP contribution in [0.3, 0.4) is 0 Å². The van der Waals surface area contributed by atoms with E-state index < -0.39 is 5.91 Å². The highest BCUT2D eigenvalue weighted by molar-refractivity contribution is 6.09. The number of aromatic nitrogens is 2. The smallest absolute Gasteiger partial charge is 0.263 e. The number of nitrogen functional groups attached to an aromatic ring is 1. The van der Waals surface area contributed by atoms with Crippen LogP contribution in [-0.2, 0) is 0 Å². The standard InChI is InChI=1S/C14H16N4O2/c1-8-7-9(2)17-14(16-8)18-13(19)12-10(15)5-4-6-11(12)20-3/h4-7H,15H2,1-3H3,(H,16,17,18,19). The fraction of sp³-hybridized carbons (Fsp3) is 0.214. The average Bonchev–Trinajstić information content (AvgIpc) is 2.36. The fourth-order valence-electron chi connectivity index (χ4n) is 1.91. The lowest BCUT2D eigenvalue weighted by atomic mass is 10.1. The van der Waals surface area contributed by atoms with Gasteiger partial charge in [-0.3, -0.25) is 10.1 Å². The van der Waals surface area contributed by atoms with Crippen LogP contribution in [0, 0.1) is 13.8 Å². The molecule has 0 aliphatic carbocycles. The molecule has 1 amide bonds. The van der Waals surface area contributed by atoms with E-state index in [0.29, 0.717) is 11.4 Å². The Morgan fingerprint density at radius 3 is 2.50 bits per heavy atom. The minimum absolute atomic E-state index is 0.248. The lowest BCUT2D eigenvalue weighted by Gasteiger charge is -2.11. The molecule has 3 N–H and O–H groups in total. The van der Waals surface area contributed by atoms with Crippen LogP contribution in [0.4, 0.5) is 11.6 Å². The van der Waals surface area contributed by atoms with Gasteiger partial charge in [-0.05, 0) is 32.0 Å². The number of nitrogens with two attached hydrogens (primary N) is 1. The van der Waals surface area contributed by atoms with E-state index in [0.717, 1.165) is 11.4 Å². The van der Waals surface area contributed by atoms with Crippen molar-refractivity contribution in [3.8, 4) is 5.75 Å². The fourth-order valence-corrected chi connectivity index (χ4v) is 1.91. The van der Waals surface area contributed by atoms with Crippen molar-refractivity contribution < 1.29 is 9.53 Å². The summed E-state index contributed by atoms with van der Waals surface area (Å²) in [5.74, 6) is 0.259. The molecule has 0 radical (unpaired) electrons. The summed E-state index contributed by atoms with van der Waals surface area (Å²) in [6, 6.07) is 6.86. The maximum absolute atomic E-state index is 12.3. The summed E-state index contributed by atoms with van der Waals surface area (Å²) in [5, 5.41) is 2.63. The number of nitrogens with one attached hydrogen (secondary N) is 1. The van der Waals surface area contributed by atoms with Gasteiger partial charge in [0, 0.05) is 17.1 Å². The van der Waals surface area contributed by atoms with Crippen molar-refractivity contribution in [2.45, 2.75) is 13.8 Å². The molecule has 0 atom stereocenters. The zero-order valence-electron chi connectivity index (χ0n) is 11.6. The first kappa shape index (κ1) is 13.8. The van der Waals surface area contributed by atoms with Crippen LogP contribution in [0.1, 0.15) is 21.7 Å². The Bertz CT molecular complexity index is 635. The Morgan fingerprint density at radius 1 is 1.25 bits per heavy atom. The van der Waals surface area contributed by atoms with Gasteiger partial charge in [-0.15, -0.1) is 0 Å². The quantitative estimate of drug-likeness (QED) is 0.833. The molecule has 0 aliphatic heterocycles. The lowest BCUT2D eigenvalue weighted by molar-refractivity contribution is 0.102. The van der Waals surface area contributed by atoms with Crippen LogP contribution >= 0.6 is 0 Å². The number of hydrogen-bond donors (Lipinski definition) is 2. The molecule has 2 rings (SSSR count). The summed E-state index contributed by atoms with van der Waals surface area (Å²) in [6.45, 7) is 3.67. The van der Waals surface area contributed by atoms with Gasteiger partial charge in [-0.25, -0.2) is 9.97 Å². The van der Waals surface area contributed by atoms with E-state index in [-0.39, 0.29) is 11.5 Å². The van der Waals surface area contributed by atoms with E-state index in [4.69, 9.17) is 10.5 Å². The molecule has 6 nitrogen and oxygen atoms in total. The summed E-state index contributed by atoms with van der Waals surface area (Å²) in [7, 11) is 1.48. The summed E-state index contributed by atoms with van der Waals surface area (Å²) >= 11 is 0. The van der Waals surface area contributed by atoms with Gasteiger partial charge >= 0.3 is 0 Å². The molecular weight excluding hydrogens is 256 g/mol. The highest BCUT2D eigenvalue weighted by Crippen LogP contribution is 2.24. The topological polar surface area (TPSA) is 90.1 Å². The zero-order valence-corrected chi connectivity index (χ0v) is 11.6. The molecule has 0 spiro atoms. The highest BCUT2D eigenvalue weighted by atomic mass is 16.5. The molecule has 0 aliphatic rings. The third-order valence-electron chi connectivity index (χ3n) is 2.71. The van der Waals surface area contributed by atoms with Crippen LogP contribution in [0.2, 0.25) is 0 Å². The Hall–Kier alpha value is -2.63. The maximum atomic E-state index is 12.3. The zero-order chi connectivity index (χ0) is 14.7. The van der Waals surface area contributed by atoms with Crippen molar-refractivity contribution in [2.75, 3.05) is 18.2 Å². The second-order valence-electron chi connectivity index (χ2n) is 4.35. The number of hydrogen-bond acceptors (Lipinski definition) is 5. The van der Waals surface area contributed by atoms with Gasteiger partial charge in [0.1, 0.15) is 11.3 Å². The minimum atomic E-state index is -0.398. The molecule has 0 fully saturated rings. The lowest BCUT2D eigenvalue weighted by Crippen LogP contribution is -2.17. The summed E-state index contributed by atoms with van der Waals surface area (Å²) < 4.78 is 5.15. The number of carbonyl (C=O) groups is 1. The SMILES string of the molecule is COc1cccc(N)c1C(=O)Nc1nc(C)cc(C)n1. The summed E-state index contributed by atoms with van der Waals surface area (Å²) in [6.07, 6.45) is 0. The summed E-state index contributed by atoms with van der Waals surface area (Å²) in [4.78, 5) is 20.6. The van der Waals surface area contributed by atoms with Gasteiger partial charge in [-0.1, -0.05) is 6.07 Å². The van der Waals surface area contributed by atoms with Crippen molar-refractivity contribution >= 4 is 17.5 Å². The van der Waals surface area contributed by atoms with Gasteiger partial charge in [0.25, 0.3) is 5.91 Å². The van der Waals surface area contributed by atoms with Crippen molar-refractivity contribution in [3.05, 3.63) is 41.2 Å².